The lowest BCUT2D eigenvalue weighted by molar-refractivity contribution is 0.206. The van der Waals surface area contributed by atoms with E-state index in [1.807, 2.05) is 0 Å². The standard InChI is InChI=1S/C18H27NO/c1-14-6-5-9-16(12-19-17-10-11-17)18(14)20-13-15-7-3-2-4-8-15/h5-6,9,15,17,19H,2-4,7-8,10-13H2,1H3. The summed E-state index contributed by atoms with van der Waals surface area (Å²) < 4.78 is 6.22. The first-order valence-corrected chi connectivity index (χ1v) is 8.27. The van der Waals surface area contributed by atoms with Gasteiger partial charge >= 0.3 is 0 Å². The van der Waals surface area contributed by atoms with Crippen molar-refractivity contribution in [2.24, 2.45) is 5.92 Å². The van der Waals surface area contributed by atoms with Gasteiger partial charge in [0.2, 0.25) is 0 Å². The van der Waals surface area contributed by atoms with Crippen LogP contribution in [-0.4, -0.2) is 12.6 Å². The summed E-state index contributed by atoms with van der Waals surface area (Å²) in [6, 6.07) is 7.27. The Labute approximate surface area is 122 Å². The van der Waals surface area contributed by atoms with Crippen molar-refractivity contribution >= 4 is 0 Å². The third-order valence-electron chi connectivity index (χ3n) is 4.64. The third-order valence-corrected chi connectivity index (χ3v) is 4.64. The number of aryl methyl sites for hydroxylation is 1. The van der Waals surface area contributed by atoms with E-state index in [1.54, 1.807) is 0 Å². The molecule has 2 nitrogen and oxygen atoms in total. The second kappa shape index (κ2) is 6.62. The van der Waals surface area contributed by atoms with Gasteiger partial charge in [0.15, 0.2) is 0 Å². The Morgan fingerprint density at radius 1 is 1.10 bits per heavy atom. The van der Waals surface area contributed by atoms with Gasteiger partial charge in [-0.1, -0.05) is 37.5 Å². The van der Waals surface area contributed by atoms with Crippen molar-refractivity contribution in [3.8, 4) is 5.75 Å². The first-order chi connectivity index (χ1) is 9.83. The number of benzene rings is 1. The summed E-state index contributed by atoms with van der Waals surface area (Å²) in [6.07, 6.45) is 9.56. The lowest BCUT2D eigenvalue weighted by atomic mass is 9.90. The van der Waals surface area contributed by atoms with Crippen LogP contribution in [0.15, 0.2) is 18.2 Å². The van der Waals surface area contributed by atoms with Crippen molar-refractivity contribution in [3.63, 3.8) is 0 Å². The molecule has 1 N–H and O–H groups in total. The minimum absolute atomic E-state index is 0.752. The number of para-hydroxylation sites is 1. The van der Waals surface area contributed by atoms with E-state index in [4.69, 9.17) is 4.74 Å². The number of rotatable bonds is 6. The Kier molecular flexibility index (Phi) is 4.62. The molecule has 110 valence electrons. The van der Waals surface area contributed by atoms with Crippen molar-refractivity contribution < 1.29 is 4.74 Å². The van der Waals surface area contributed by atoms with Crippen LogP contribution in [0.3, 0.4) is 0 Å². The van der Waals surface area contributed by atoms with Crippen LogP contribution in [0.4, 0.5) is 0 Å². The van der Waals surface area contributed by atoms with Gasteiger partial charge in [0.05, 0.1) is 6.61 Å². The fourth-order valence-corrected chi connectivity index (χ4v) is 3.16. The van der Waals surface area contributed by atoms with Crippen molar-refractivity contribution in [1.82, 2.24) is 5.32 Å². The maximum atomic E-state index is 6.22. The molecule has 0 aliphatic heterocycles. The monoisotopic (exact) mass is 273 g/mol. The molecule has 0 unspecified atom stereocenters. The van der Waals surface area contributed by atoms with E-state index >= 15 is 0 Å². The van der Waals surface area contributed by atoms with Crippen LogP contribution in [0.25, 0.3) is 0 Å². The SMILES string of the molecule is Cc1cccc(CNC2CC2)c1OCC1CCCCC1. The Hall–Kier alpha value is -1.02. The number of ether oxygens (including phenoxy) is 1. The first-order valence-electron chi connectivity index (χ1n) is 8.27. The van der Waals surface area contributed by atoms with Crippen LogP contribution in [0, 0.1) is 12.8 Å². The zero-order valence-electron chi connectivity index (χ0n) is 12.7. The molecule has 2 fully saturated rings. The summed E-state index contributed by atoms with van der Waals surface area (Å²) >= 11 is 0. The third kappa shape index (κ3) is 3.76. The van der Waals surface area contributed by atoms with Crippen molar-refractivity contribution in [1.29, 1.82) is 0 Å². The van der Waals surface area contributed by atoms with Crippen LogP contribution < -0.4 is 10.1 Å². The molecule has 0 atom stereocenters. The number of hydrogen-bond acceptors (Lipinski definition) is 2. The highest BCUT2D eigenvalue weighted by Crippen LogP contribution is 2.28. The molecule has 0 heterocycles. The first kappa shape index (κ1) is 13.9. The number of nitrogens with one attached hydrogen (secondary N) is 1. The van der Waals surface area contributed by atoms with Crippen LogP contribution in [0.1, 0.15) is 56.1 Å². The highest BCUT2D eigenvalue weighted by atomic mass is 16.5. The lowest BCUT2D eigenvalue weighted by Gasteiger charge is -2.23. The molecule has 0 bridgehead atoms. The quantitative estimate of drug-likeness (QED) is 0.838. The molecule has 0 radical (unpaired) electrons. The summed E-state index contributed by atoms with van der Waals surface area (Å²) in [6.45, 7) is 4.02. The van der Waals surface area contributed by atoms with E-state index in [1.165, 1.54) is 56.1 Å². The Morgan fingerprint density at radius 3 is 2.65 bits per heavy atom. The normalized spacial score (nSPS) is 20.1. The van der Waals surface area contributed by atoms with Gasteiger partial charge in [-0.2, -0.15) is 0 Å². The summed E-state index contributed by atoms with van der Waals surface area (Å²) in [4.78, 5) is 0. The van der Waals surface area contributed by atoms with E-state index in [0.29, 0.717) is 0 Å². The van der Waals surface area contributed by atoms with Crippen LogP contribution in [-0.2, 0) is 6.54 Å². The molecule has 20 heavy (non-hydrogen) atoms. The Bertz CT molecular complexity index is 433. The maximum Gasteiger partial charge on any atom is 0.126 e. The molecule has 1 aromatic carbocycles. The fraction of sp³-hybridized carbons (Fsp3) is 0.667. The second-order valence-corrected chi connectivity index (χ2v) is 6.53. The van der Waals surface area contributed by atoms with Crippen molar-refractivity contribution in [2.75, 3.05) is 6.61 Å². The van der Waals surface area contributed by atoms with Gasteiger partial charge in [-0.25, -0.2) is 0 Å². The lowest BCUT2D eigenvalue weighted by Crippen LogP contribution is -2.19. The summed E-state index contributed by atoms with van der Waals surface area (Å²) in [7, 11) is 0. The average molecular weight is 273 g/mol. The van der Waals surface area contributed by atoms with Gasteiger partial charge in [0.25, 0.3) is 0 Å². The largest absolute Gasteiger partial charge is 0.493 e. The second-order valence-electron chi connectivity index (χ2n) is 6.53. The van der Waals surface area contributed by atoms with Crippen LogP contribution >= 0.6 is 0 Å². The van der Waals surface area contributed by atoms with Gasteiger partial charge in [-0.05, 0) is 44.1 Å². The molecule has 0 amide bonds. The van der Waals surface area contributed by atoms with Gasteiger partial charge in [0, 0.05) is 18.2 Å². The predicted octanol–water partition coefficient (Wildman–Crippen LogP) is 4.21. The molecule has 2 aliphatic carbocycles. The van der Waals surface area contributed by atoms with E-state index in [0.717, 1.165) is 30.9 Å². The minimum atomic E-state index is 0.752. The maximum absolute atomic E-state index is 6.22. The van der Waals surface area contributed by atoms with Gasteiger partial charge in [-0.3, -0.25) is 0 Å². The topological polar surface area (TPSA) is 21.3 Å². The molecule has 3 rings (SSSR count). The van der Waals surface area contributed by atoms with E-state index in [2.05, 4.69) is 30.4 Å². The molecule has 2 heteroatoms. The fourth-order valence-electron chi connectivity index (χ4n) is 3.16. The Morgan fingerprint density at radius 2 is 1.90 bits per heavy atom. The molecule has 2 aliphatic rings. The summed E-state index contributed by atoms with van der Waals surface area (Å²) in [5, 5.41) is 3.60. The number of hydrogen-bond donors (Lipinski definition) is 1. The van der Waals surface area contributed by atoms with E-state index < -0.39 is 0 Å². The van der Waals surface area contributed by atoms with Crippen molar-refractivity contribution in [3.05, 3.63) is 29.3 Å². The predicted molar refractivity (Wildman–Crippen MR) is 83.1 cm³/mol. The highest BCUT2D eigenvalue weighted by Gasteiger charge is 2.21. The van der Waals surface area contributed by atoms with Gasteiger partial charge < -0.3 is 10.1 Å². The van der Waals surface area contributed by atoms with Crippen LogP contribution in [0.5, 0.6) is 5.75 Å². The average Bonchev–Trinajstić information content (AvgIpc) is 3.29. The molecular weight excluding hydrogens is 246 g/mol. The summed E-state index contributed by atoms with van der Waals surface area (Å²) in [5.74, 6) is 1.90. The molecule has 0 saturated heterocycles. The summed E-state index contributed by atoms with van der Waals surface area (Å²) in [5.41, 5.74) is 2.60. The molecular formula is C18H27NO. The van der Waals surface area contributed by atoms with E-state index in [-0.39, 0.29) is 0 Å². The zero-order valence-corrected chi connectivity index (χ0v) is 12.7. The van der Waals surface area contributed by atoms with Gasteiger partial charge in [-0.15, -0.1) is 0 Å². The van der Waals surface area contributed by atoms with Crippen LogP contribution in [0.2, 0.25) is 0 Å². The molecule has 0 spiro atoms. The zero-order chi connectivity index (χ0) is 13.8. The highest BCUT2D eigenvalue weighted by molar-refractivity contribution is 5.40. The molecule has 1 aromatic rings. The Balaban J connectivity index is 1.60. The smallest absolute Gasteiger partial charge is 0.126 e. The van der Waals surface area contributed by atoms with Gasteiger partial charge in [0.1, 0.15) is 5.75 Å². The minimum Gasteiger partial charge on any atom is -0.493 e. The van der Waals surface area contributed by atoms with E-state index in [9.17, 15) is 0 Å². The van der Waals surface area contributed by atoms with Crippen molar-refractivity contribution in [2.45, 2.75) is 64.5 Å². The molecule has 2 saturated carbocycles. The molecule has 0 aromatic heterocycles.